The average Bonchev–Trinajstić information content (AvgIpc) is 2.03. The molecule has 0 saturated carbocycles. The van der Waals surface area contributed by atoms with E-state index in [0.29, 0.717) is 0 Å². The van der Waals surface area contributed by atoms with E-state index in [4.69, 9.17) is 0 Å². The van der Waals surface area contributed by atoms with Crippen LogP contribution >= 0.6 is 0 Å². The molecule has 2 N–H and O–H groups in total. The van der Waals surface area contributed by atoms with Crippen LogP contribution in [0, 0.1) is 0 Å². The third-order valence-electron chi connectivity index (χ3n) is 1.43. The van der Waals surface area contributed by atoms with Crippen LogP contribution in [0.15, 0.2) is 30.6 Å². The molecule has 0 aliphatic heterocycles. The van der Waals surface area contributed by atoms with Gasteiger partial charge in [0.2, 0.25) is 0 Å². The summed E-state index contributed by atoms with van der Waals surface area (Å²) in [6, 6.07) is 5.42. The summed E-state index contributed by atoms with van der Waals surface area (Å²) in [5.74, 6) is 0. The van der Waals surface area contributed by atoms with E-state index in [9.17, 15) is 4.79 Å². The van der Waals surface area contributed by atoms with Crippen molar-refractivity contribution in [3.05, 3.63) is 30.6 Å². The summed E-state index contributed by atoms with van der Waals surface area (Å²) in [5, 5.41) is 2.86. The minimum absolute atomic E-state index is 0. The lowest BCUT2D eigenvalue weighted by atomic mass is 10.1. The van der Waals surface area contributed by atoms with Crippen LogP contribution in [-0.4, -0.2) is 17.0 Å². The van der Waals surface area contributed by atoms with Gasteiger partial charge in [0.25, 0.3) is 0 Å². The largest absolute Gasteiger partial charge is 0.870 e. The maximum atomic E-state index is 11.5. The molecule has 0 unspecified atom stereocenters. The molecule has 0 aliphatic carbocycles. The van der Waals surface area contributed by atoms with E-state index in [2.05, 4.69) is 5.32 Å². The zero-order valence-corrected chi connectivity index (χ0v) is 8.69. The number of nitrogens with zero attached hydrogens (tertiary/aromatic N) is 1. The molecule has 0 atom stereocenters. The summed E-state index contributed by atoms with van der Waals surface area (Å²) in [6.07, 6.45) is 3.45. The summed E-state index contributed by atoms with van der Waals surface area (Å²) in [5.41, 5.74) is -0.195. The first-order valence-corrected chi connectivity index (χ1v) is 4.28. The highest BCUT2D eigenvalue weighted by molar-refractivity contribution is 5.64. The highest BCUT2D eigenvalue weighted by Gasteiger charge is 2.22. The van der Waals surface area contributed by atoms with Crippen molar-refractivity contribution in [1.29, 1.82) is 0 Å². The summed E-state index contributed by atoms with van der Waals surface area (Å²) < 4.78 is 1.52. The molecule has 0 aromatic carbocycles. The standard InChI is InChI=1S/C10H14N2O.H2O/c1-10(2,3)11-9(13)12-7-5-4-6-8-12;/h4-8H,1-3H3;1H2. The Kier molecular flexibility index (Phi) is 4.24. The highest BCUT2D eigenvalue weighted by atomic mass is 16.2. The van der Waals surface area contributed by atoms with Gasteiger partial charge >= 0.3 is 6.03 Å². The van der Waals surface area contributed by atoms with E-state index < -0.39 is 0 Å². The van der Waals surface area contributed by atoms with Crippen molar-refractivity contribution < 1.29 is 14.8 Å². The second kappa shape index (κ2) is 4.72. The van der Waals surface area contributed by atoms with E-state index >= 15 is 0 Å². The van der Waals surface area contributed by atoms with Gasteiger partial charge in [-0.3, -0.25) is 0 Å². The Hall–Kier alpha value is -1.42. The number of nitrogens with one attached hydrogen (secondary N) is 1. The maximum Gasteiger partial charge on any atom is 0.496 e. The number of carbonyl (C=O) groups is 1. The molecule has 4 heteroatoms. The van der Waals surface area contributed by atoms with Gasteiger partial charge in [-0.25, -0.2) is 5.32 Å². The van der Waals surface area contributed by atoms with Gasteiger partial charge in [0, 0.05) is 0 Å². The molecule has 4 nitrogen and oxygen atoms in total. The van der Waals surface area contributed by atoms with Crippen molar-refractivity contribution in [3.63, 3.8) is 0 Å². The lowest BCUT2D eigenvalue weighted by molar-refractivity contribution is -0.572. The smallest absolute Gasteiger partial charge is 0.496 e. The highest BCUT2D eigenvalue weighted by Crippen LogP contribution is 1.97. The normalized spacial score (nSPS) is 10.2. The molecule has 0 radical (unpaired) electrons. The Morgan fingerprint density at radius 2 is 1.64 bits per heavy atom. The van der Waals surface area contributed by atoms with Gasteiger partial charge in [-0.05, 0) is 32.9 Å². The molecule has 1 amide bonds. The van der Waals surface area contributed by atoms with Gasteiger partial charge < -0.3 is 5.48 Å². The van der Waals surface area contributed by atoms with Crippen molar-refractivity contribution in [2.45, 2.75) is 26.3 Å². The molecule has 0 spiro atoms. The van der Waals surface area contributed by atoms with Gasteiger partial charge in [-0.15, -0.1) is 0 Å². The van der Waals surface area contributed by atoms with Crippen LogP contribution < -0.4 is 9.88 Å². The fourth-order valence-electron chi connectivity index (χ4n) is 0.919. The minimum atomic E-state index is -0.195. The number of aromatic nitrogens is 1. The minimum Gasteiger partial charge on any atom is -0.870 e. The topological polar surface area (TPSA) is 63.0 Å². The molecule has 0 aliphatic rings. The van der Waals surface area contributed by atoms with Crippen molar-refractivity contribution in [1.82, 2.24) is 5.32 Å². The Morgan fingerprint density at radius 1 is 1.14 bits per heavy atom. The summed E-state index contributed by atoms with van der Waals surface area (Å²) in [6.45, 7) is 5.86. The summed E-state index contributed by atoms with van der Waals surface area (Å²) in [7, 11) is 0. The maximum absolute atomic E-state index is 11.5. The van der Waals surface area contributed by atoms with Gasteiger partial charge in [0.15, 0.2) is 0 Å². The molecular formula is C10H16N2O2. The Bertz CT molecular complexity index is 291. The number of amides is 1. The van der Waals surface area contributed by atoms with Crippen molar-refractivity contribution >= 4 is 6.03 Å². The van der Waals surface area contributed by atoms with Crippen LogP contribution in [-0.2, 0) is 0 Å². The molecule has 1 heterocycles. The molecule has 1 aromatic rings. The zero-order chi connectivity index (χ0) is 9.90. The fraction of sp³-hybridized carbons (Fsp3) is 0.400. The van der Waals surface area contributed by atoms with Crippen LogP contribution in [0.1, 0.15) is 20.8 Å². The van der Waals surface area contributed by atoms with E-state index in [1.807, 2.05) is 39.0 Å². The van der Waals surface area contributed by atoms with Gasteiger partial charge in [-0.2, -0.15) is 9.36 Å². The predicted octanol–water partition coefficient (Wildman–Crippen LogP) is 1.15. The number of pyridine rings is 1. The van der Waals surface area contributed by atoms with Gasteiger partial charge in [0.1, 0.15) is 0 Å². The van der Waals surface area contributed by atoms with Gasteiger partial charge in [0.05, 0.1) is 17.9 Å². The van der Waals surface area contributed by atoms with Crippen LogP contribution in [0.5, 0.6) is 0 Å². The monoisotopic (exact) mass is 196 g/mol. The van der Waals surface area contributed by atoms with E-state index in [1.54, 1.807) is 12.4 Å². The Labute approximate surface area is 83.9 Å². The molecule has 78 valence electrons. The molecule has 0 bridgehead atoms. The number of hydrogen-bond donors (Lipinski definition) is 1. The second-order valence-corrected chi connectivity index (χ2v) is 3.96. The molecular weight excluding hydrogens is 180 g/mol. The number of carbonyl (C=O) groups excluding carboxylic acids is 1. The molecule has 1 rings (SSSR count). The third kappa shape index (κ3) is 4.00. The van der Waals surface area contributed by atoms with Crippen LogP contribution in [0.4, 0.5) is 4.79 Å². The van der Waals surface area contributed by atoms with E-state index in [1.165, 1.54) is 4.57 Å². The van der Waals surface area contributed by atoms with Crippen LogP contribution in [0.3, 0.4) is 0 Å². The average molecular weight is 196 g/mol. The predicted molar refractivity (Wildman–Crippen MR) is 52.3 cm³/mol. The van der Waals surface area contributed by atoms with Gasteiger partial charge in [-0.1, -0.05) is 6.07 Å². The molecule has 1 aromatic heterocycles. The SMILES string of the molecule is CC(C)(C)NC(=O)[n+]1ccccc1.[OH-]. The van der Waals surface area contributed by atoms with Crippen molar-refractivity contribution in [2.24, 2.45) is 0 Å². The van der Waals surface area contributed by atoms with Crippen molar-refractivity contribution in [2.75, 3.05) is 0 Å². The molecule has 14 heavy (non-hydrogen) atoms. The zero-order valence-electron chi connectivity index (χ0n) is 8.69. The van der Waals surface area contributed by atoms with Crippen LogP contribution in [0.2, 0.25) is 0 Å². The first-order valence-electron chi connectivity index (χ1n) is 4.28. The van der Waals surface area contributed by atoms with E-state index in [-0.39, 0.29) is 17.0 Å². The molecule has 0 saturated heterocycles. The summed E-state index contributed by atoms with van der Waals surface area (Å²) >= 11 is 0. The lowest BCUT2D eigenvalue weighted by Gasteiger charge is -2.13. The first-order chi connectivity index (χ1) is 5.99. The summed E-state index contributed by atoms with van der Waals surface area (Å²) in [4.78, 5) is 11.5. The quantitative estimate of drug-likeness (QED) is 0.633. The number of rotatable bonds is 0. The van der Waals surface area contributed by atoms with Crippen molar-refractivity contribution in [3.8, 4) is 0 Å². The molecule has 0 fully saturated rings. The third-order valence-corrected chi connectivity index (χ3v) is 1.43. The van der Waals surface area contributed by atoms with E-state index in [0.717, 1.165) is 0 Å². The lowest BCUT2D eigenvalue weighted by Crippen LogP contribution is -2.55. The fourth-order valence-corrected chi connectivity index (χ4v) is 0.919. The Morgan fingerprint density at radius 3 is 2.07 bits per heavy atom. The Balaban J connectivity index is 0.00000169. The van der Waals surface area contributed by atoms with Crippen LogP contribution in [0.25, 0.3) is 0 Å². The number of hydrogen-bond acceptors (Lipinski definition) is 2. The second-order valence-electron chi connectivity index (χ2n) is 3.96. The first kappa shape index (κ1) is 12.6.